The topological polar surface area (TPSA) is 77.5 Å². The van der Waals surface area contributed by atoms with Crippen LogP contribution in [-0.4, -0.2) is 22.8 Å². The molecule has 0 fully saturated rings. The smallest absolute Gasteiger partial charge is 0.423 e. The molecule has 92 valence electrons. The van der Waals surface area contributed by atoms with Crippen molar-refractivity contribution in [3.05, 3.63) is 24.4 Å². The first-order chi connectivity index (χ1) is 7.87. The molecule has 17 heavy (non-hydrogen) atoms. The van der Waals surface area contributed by atoms with E-state index in [-0.39, 0.29) is 5.88 Å². The molecule has 0 radical (unpaired) electrons. The van der Waals surface area contributed by atoms with Gasteiger partial charge in [0.05, 0.1) is 0 Å². The van der Waals surface area contributed by atoms with Crippen LogP contribution in [0.3, 0.4) is 0 Å². The molecule has 0 aliphatic carbocycles. The standard InChI is InChI=1S/C11H14N2O4/c1-11(2,3)17-10(15)13-9(14)16-8-6-4-5-7-12-8/h4-7H,1-3H3,(H,13,14,15). The third-order valence-electron chi connectivity index (χ3n) is 1.44. The molecule has 0 atom stereocenters. The second kappa shape index (κ2) is 5.29. The maximum Gasteiger partial charge on any atom is 0.423 e. The van der Waals surface area contributed by atoms with Crippen LogP contribution in [0.2, 0.25) is 0 Å². The van der Waals surface area contributed by atoms with Crippen molar-refractivity contribution in [3.8, 4) is 5.88 Å². The summed E-state index contributed by atoms with van der Waals surface area (Å²) in [6.07, 6.45) is -0.327. The number of rotatable bonds is 1. The molecule has 1 rings (SSSR count). The summed E-state index contributed by atoms with van der Waals surface area (Å²) in [5.74, 6) is 0.105. The van der Waals surface area contributed by atoms with Gasteiger partial charge in [-0.15, -0.1) is 0 Å². The quantitative estimate of drug-likeness (QED) is 0.810. The first-order valence-corrected chi connectivity index (χ1v) is 5.00. The number of carbonyl (C=O) groups excluding carboxylic acids is 2. The number of carbonyl (C=O) groups is 2. The largest absolute Gasteiger partial charge is 0.443 e. The van der Waals surface area contributed by atoms with E-state index >= 15 is 0 Å². The van der Waals surface area contributed by atoms with Crippen LogP contribution in [0.25, 0.3) is 0 Å². The number of hydrogen-bond acceptors (Lipinski definition) is 5. The maximum atomic E-state index is 11.2. The zero-order valence-electron chi connectivity index (χ0n) is 9.89. The van der Waals surface area contributed by atoms with Crippen LogP contribution in [0.15, 0.2) is 24.4 Å². The lowest BCUT2D eigenvalue weighted by atomic mass is 10.2. The molecule has 1 heterocycles. The van der Waals surface area contributed by atoms with Gasteiger partial charge in [-0.25, -0.2) is 19.9 Å². The molecular formula is C11H14N2O4. The van der Waals surface area contributed by atoms with Gasteiger partial charge in [0.1, 0.15) is 5.60 Å². The van der Waals surface area contributed by atoms with Crippen LogP contribution < -0.4 is 10.1 Å². The molecule has 0 spiro atoms. The minimum atomic E-state index is -0.932. The Bertz CT molecular complexity index is 398. The summed E-state index contributed by atoms with van der Waals surface area (Å²) in [6.45, 7) is 5.07. The summed E-state index contributed by atoms with van der Waals surface area (Å²) < 4.78 is 9.61. The third kappa shape index (κ3) is 5.50. The number of nitrogens with one attached hydrogen (secondary N) is 1. The summed E-state index contributed by atoms with van der Waals surface area (Å²) in [6, 6.07) is 4.83. The molecule has 2 amide bonds. The third-order valence-corrected chi connectivity index (χ3v) is 1.44. The van der Waals surface area contributed by atoms with Crippen molar-refractivity contribution in [1.82, 2.24) is 10.3 Å². The van der Waals surface area contributed by atoms with E-state index < -0.39 is 17.8 Å². The van der Waals surface area contributed by atoms with Crippen LogP contribution in [0.1, 0.15) is 20.8 Å². The van der Waals surface area contributed by atoms with Gasteiger partial charge in [-0.2, -0.15) is 0 Å². The van der Waals surface area contributed by atoms with Crippen molar-refractivity contribution in [2.45, 2.75) is 26.4 Å². The van der Waals surface area contributed by atoms with Crippen LogP contribution in [0.5, 0.6) is 5.88 Å². The van der Waals surface area contributed by atoms with Crippen molar-refractivity contribution in [2.24, 2.45) is 0 Å². The van der Waals surface area contributed by atoms with Crippen LogP contribution in [0, 0.1) is 0 Å². The average Bonchev–Trinajstić information content (AvgIpc) is 2.15. The molecule has 0 aromatic carbocycles. The van der Waals surface area contributed by atoms with Crippen molar-refractivity contribution in [3.63, 3.8) is 0 Å². The number of hydrogen-bond donors (Lipinski definition) is 1. The Kier molecular flexibility index (Phi) is 4.03. The number of ether oxygens (including phenoxy) is 2. The lowest BCUT2D eigenvalue weighted by molar-refractivity contribution is 0.0533. The predicted molar refractivity (Wildman–Crippen MR) is 59.6 cm³/mol. The summed E-state index contributed by atoms with van der Waals surface area (Å²) in [4.78, 5) is 26.2. The number of amides is 2. The molecule has 0 aliphatic rings. The van der Waals surface area contributed by atoms with E-state index in [0.29, 0.717) is 0 Å². The highest BCUT2D eigenvalue weighted by Gasteiger charge is 2.19. The molecule has 6 nitrogen and oxygen atoms in total. The van der Waals surface area contributed by atoms with Gasteiger partial charge in [0.25, 0.3) is 0 Å². The van der Waals surface area contributed by atoms with E-state index in [1.54, 1.807) is 32.9 Å². The first kappa shape index (κ1) is 13.0. The Morgan fingerprint density at radius 2 is 1.94 bits per heavy atom. The van der Waals surface area contributed by atoms with E-state index in [9.17, 15) is 9.59 Å². The molecule has 0 saturated heterocycles. The fourth-order valence-electron chi connectivity index (χ4n) is 0.915. The SMILES string of the molecule is CC(C)(C)OC(=O)NC(=O)Oc1ccccn1. The highest BCUT2D eigenvalue weighted by molar-refractivity contribution is 5.88. The van der Waals surface area contributed by atoms with E-state index in [0.717, 1.165) is 0 Å². The summed E-state index contributed by atoms with van der Waals surface area (Å²) in [7, 11) is 0. The van der Waals surface area contributed by atoms with Gasteiger partial charge in [-0.3, -0.25) is 0 Å². The monoisotopic (exact) mass is 238 g/mol. The van der Waals surface area contributed by atoms with E-state index in [2.05, 4.69) is 4.98 Å². The van der Waals surface area contributed by atoms with Gasteiger partial charge in [0.2, 0.25) is 5.88 Å². The molecule has 0 saturated carbocycles. The lowest BCUT2D eigenvalue weighted by Crippen LogP contribution is -2.37. The Labute approximate surface area is 98.9 Å². The molecule has 1 N–H and O–H groups in total. The highest BCUT2D eigenvalue weighted by atomic mass is 16.6. The molecule has 1 aromatic rings. The van der Waals surface area contributed by atoms with E-state index in [1.807, 2.05) is 5.32 Å². The van der Waals surface area contributed by atoms with Gasteiger partial charge in [-0.05, 0) is 26.8 Å². The minimum Gasteiger partial charge on any atom is -0.443 e. The predicted octanol–water partition coefficient (Wildman–Crippen LogP) is 2.11. The van der Waals surface area contributed by atoms with Crippen LogP contribution in [-0.2, 0) is 4.74 Å². The van der Waals surface area contributed by atoms with Gasteiger partial charge < -0.3 is 9.47 Å². The van der Waals surface area contributed by atoms with Gasteiger partial charge in [0, 0.05) is 12.3 Å². The second-order valence-corrected chi connectivity index (χ2v) is 4.18. The number of nitrogens with zero attached hydrogens (tertiary/aromatic N) is 1. The van der Waals surface area contributed by atoms with Crippen molar-refractivity contribution < 1.29 is 19.1 Å². The molecule has 0 unspecified atom stereocenters. The van der Waals surface area contributed by atoms with Crippen LogP contribution >= 0.6 is 0 Å². The Morgan fingerprint density at radius 3 is 2.47 bits per heavy atom. The van der Waals surface area contributed by atoms with Crippen molar-refractivity contribution in [2.75, 3.05) is 0 Å². The number of alkyl carbamates (subject to hydrolysis) is 1. The normalized spacial score (nSPS) is 10.5. The summed E-state index contributed by atoms with van der Waals surface area (Å²) >= 11 is 0. The first-order valence-electron chi connectivity index (χ1n) is 5.00. The number of aromatic nitrogens is 1. The van der Waals surface area contributed by atoms with Gasteiger partial charge >= 0.3 is 12.2 Å². The fraction of sp³-hybridized carbons (Fsp3) is 0.364. The van der Waals surface area contributed by atoms with Crippen molar-refractivity contribution in [1.29, 1.82) is 0 Å². The number of pyridine rings is 1. The van der Waals surface area contributed by atoms with Crippen LogP contribution in [0.4, 0.5) is 9.59 Å². The molecule has 6 heteroatoms. The molecule has 0 bridgehead atoms. The second-order valence-electron chi connectivity index (χ2n) is 4.18. The minimum absolute atomic E-state index is 0.105. The van der Waals surface area contributed by atoms with E-state index in [4.69, 9.17) is 9.47 Å². The lowest BCUT2D eigenvalue weighted by Gasteiger charge is -2.18. The van der Waals surface area contributed by atoms with Gasteiger partial charge in [-0.1, -0.05) is 6.07 Å². The molecule has 1 aromatic heterocycles. The fourth-order valence-corrected chi connectivity index (χ4v) is 0.915. The Morgan fingerprint density at radius 1 is 1.24 bits per heavy atom. The molecular weight excluding hydrogens is 224 g/mol. The summed E-state index contributed by atoms with van der Waals surface area (Å²) in [5, 5.41) is 1.92. The van der Waals surface area contributed by atoms with Gasteiger partial charge in [0.15, 0.2) is 0 Å². The zero-order valence-corrected chi connectivity index (χ0v) is 9.89. The molecule has 0 aliphatic heterocycles. The highest BCUT2D eigenvalue weighted by Crippen LogP contribution is 2.07. The average molecular weight is 238 g/mol. The van der Waals surface area contributed by atoms with Crippen molar-refractivity contribution >= 4 is 12.2 Å². The number of imide groups is 1. The Balaban J connectivity index is 2.43. The van der Waals surface area contributed by atoms with E-state index in [1.165, 1.54) is 12.3 Å². The maximum absolute atomic E-state index is 11.2. The Hall–Kier alpha value is -2.11. The summed E-state index contributed by atoms with van der Waals surface area (Å²) in [5.41, 5.74) is -0.671. The zero-order chi connectivity index (χ0) is 12.9.